The van der Waals surface area contributed by atoms with Gasteiger partial charge in [-0.3, -0.25) is 4.84 Å². The lowest BCUT2D eigenvalue weighted by atomic mass is 10.4. The third-order valence-electron chi connectivity index (χ3n) is 1.76. The smallest absolute Gasteiger partial charge is 0.262 e. The van der Waals surface area contributed by atoms with Gasteiger partial charge in [-0.1, -0.05) is 28.1 Å². The normalized spacial score (nSPS) is 11.7. The largest absolute Gasteiger partial charge is 0.382 e. The zero-order chi connectivity index (χ0) is 12.9. The van der Waals surface area contributed by atoms with Crippen LogP contribution in [0.1, 0.15) is 0 Å². The Morgan fingerprint density at radius 1 is 1.24 bits per heavy atom. The topological polar surface area (TPSA) is 64.6 Å². The maximum Gasteiger partial charge on any atom is 0.262 e. The monoisotopic (exact) mass is 299 g/mol. The first-order chi connectivity index (χ1) is 7.97. The fourth-order valence-corrected chi connectivity index (χ4v) is 2.15. The van der Waals surface area contributed by atoms with Crippen LogP contribution in [0.3, 0.4) is 0 Å². The van der Waals surface area contributed by atoms with Gasteiger partial charge >= 0.3 is 0 Å². The van der Waals surface area contributed by atoms with E-state index < -0.39 is 10.0 Å². The van der Waals surface area contributed by atoms with Crippen molar-refractivity contribution >= 4 is 33.2 Å². The Balaban J connectivity index is 2.72. The SMILES string of the molecule is COCCONS(=O)(=O)c1ccc(Cl)c(Cl)c1. The highest BCUT2D eigenvalue weighted by Gasteiger charge is 2.15. The van der Waals surface area contributed by atoms with Crippen LogP contribution in [0, 0.1) is 0 Å². The highest BCUT2D eigenvalue weighted by molar-refractivity contribution is 7.89. The Bertz CT molecular complexity index is 478. The molecule has 1 aromatic carbocycles. The Morgan fingerprint density at radius 3 is 2.53 bits per heavy atom. The predicted molar refractivity (Wildman–Crippen MR) is 64.6 cm³/mol. The van der Waals surface area contributed by atoms with Crippen LogP contribution >= 0.6 is 23.2 Å². The van der Waals surface area contributed by atoms with E-state index in [1.54, 1.807) is 0 Å². The number of halogens is 2. The number of hydrogen-bond donors (Lipinski definition) is 1. The van der Waals surface area contributed by atoms with Gasteiger partial charge in [0.2, 0.25) is 0 Å². The van der Waals surface area contributed by atoms with E-state index in [1.807, 2.05) is 4.89 Å². The molecule has 17 heavy (non-hydrogen) atoms. The zero-order valence-electron chi connectivity index (χ0n) is 8.94. The summed E-state index contributed by atoms with van der Waals surface area (Å²) in [6.45, 7) is 0.390. The molecule has 1 aromatic rings. The minimum atomic E-state index is -3.75. The first kappa shape index (κ1) is 14.7. The van der Waals surface area contributed by atoms with E-state index in [1.165, 1.54) is 25.3 Å². The molecule has 0 aliphatic carbocycles. The number of benzene rings is 1. The molecule has 96 valence electrons. The van der Waals surface area contributed by atoms with Crippen molar-refractivity contribution in [2.45, 2.75) is 4.90 Å². The molecule has 0 unspecified atom stereocenters. The second-order valence-electron chi connectivity index (χ2n) is 3.00. The Hall–Kier alpha value is -0.370. The fourth-order valence-electron chi connectivity index (χ4n) is 0.936. The Morgan fingerprint density at radius 2 is 1.94 bits per heavy atom. The Labute approximate surface area is 110 Å². The van der Waals surface area contributed by atoms with Crippen molar-refractivity contribution in [3.05, 3.63) is 28.2 Å². The number of hydrogen-bond acceptors (Lipinski definition) is 4. The average molecular weight is 300 g/mol. The molecule has 0 atom stereocenters. The van der Waals surface area contributed by atoms with Gasteiger partial charge in [0, 0.05) is 7.11 Å². The predicted octanol–water partition coefficient (Wildman–Crippen LogP) is 1.85. The molecule has 8 heteroatoms. The second kappa shape index (κ2) is 6.53. The summed E-state index contributed by atoms with van der Waals surface area (Å²) in [5.41, 5.74) is 0. The van der Waals surface area contributed by atoms with Crippen LogP contribution in [0.5, 0.6) is 0 Å². The van der Waals surface area contributed by atoms with Gasteiger partial charge in [-0.05, 0) is 18.2 Å². The fraction of sp³-hybridized carbons (Fsp3) is 0.333. The zero-order valence-corrected chi connectivity index (χ0v) is 11.3. The van der Waals surface area contributed by atoms with Gasteiger partial charge in [0.05, 0.1) is 28.2 Å². The average Bonchev–Trinajstić information content (AvgIpc) is 2.28. The minimum absolute atomic E-state index is 0.0238. The molecule has 0 heterocycles. The van der Waals surface area contributed by atoms with Crippen molar-refractivity contribution in [3.63, 3.8) is 0 Å². The van der Waals surface area contributed by atoms with E-state index in [0.717, 1.165) is 0 Å². The first-order valence-electron chi connectivity index (χ1n) is 4.55. The highest BCUT2D eigenvalue weighted by Crippen LogP contribution is 2.24. The van der Waals surface area contributed by atoms with Gasteiger partial charge in [0.15, 0.2) is 0 Å². The Kier molecular flexibility index (Phi) is 5.64. The molecule has 1 rings (SSSR count). The summed E-state index contributed by atoms with van der Waals surface area (Å²) in [5.74, 6) is 0. The van der Waals surface area contributed by atoms with Crippen LogP contribution in [0.25, 0.3) is 0 Å². The van der Waals surface area contributed by atoms with E-state index >= 15 is 0 Å². The van der Waals surface area contributed by atoms with Crippen molar-refractivity contribution in [1.29, 1.82) is 0 Å². The molecule has 0 aliphatic rings. The van der Waals surface area contributed by atoms with Crippen LogP contribution in [-0.4, -0.2) is 28.7 Å². The van der Waals surface area contributed by atoms with Gasteiger partial charge in [0.25, 0.3) is 10.0 Å². The second-order valence-corrected chi connectivity index (χ2v) is 5.46. The quantitative estimate of drug-likeness (QED) is 0.643. The van der Waals surface area contributed by atoms with E-state index in [0.29, 0.717) is 0 Å². The molecule has 0 aromatic heterocycles. The lowest BCUT2D eigenvalue weighted by Gasteiger charge is -2.07. The summed E-state index contributed by atoms with van der Waals surface area (Å²) < 4.78 is 28.1. The van der Waals surface area contributed by atoms with E-state index in [4.69, 9.17) is 32.8 Å². The molecule has 0 fully saturated rings. The standard InChI is InChI=1S/C9H11Cl2NO4S/c1-15-4-5-16-12-17(13,14)7-2-3-8(10)9(11)6-7/h2-3,6,12H,4-5H2,1H3. The maximum atomic E-state index is 11.7. The van der Waals surface area contributed by atoms with Crippen LogP contribution in [-0.2, 0) is 19.6 Å². The highest BCUT2D eigenvalue weighted by atomic mass is 35.5. The van der Waals surface area contributed by atoms with Crippen LogP contribution in [0.15, 0.2) is 23.1 Å². The summed E-state index contributed by atoms with van der Waals surface area (Å²) in [7, 11) is -2.27. The molecule has 0 bridgehead atoms. The lowest BCUT2D eigenvalue weighted by Crippen LogP contribution is -2.25. The number of nitrogens with one attached hydrogen (secondary N) is 1. The number of rotatable bonds is 6. The number of sulfonamides is 1. The van der Waals surface area contributed by atoms with Crippen LogP contribution in [0.2, 0.25) is 10.0 Å². The van der Waals surface area contributed by atoms with Crippen molar-refractivity contribution in [2.24, 2.45) is 0 Å². The maximum absolute atomic E-state index is 11.7. The molecule has 5 nitrogen and oxygen atoms in total. The molecule has 0 spiro atoms. The summed E-state index contributed by atoms with van der Waals surface area (Å²) in [4.78, 5) is 6.65. The molecule has 0 saturated carbocycles. The molecule has 0 saturated heterocycles. The van der Waals surface area contributed by atoms with Crippen molar-refractivity contribution < 1.29 is 18.0 Å². The summed E-state index contributed by atoms with van der Waals surface area (Å²) in [6, 6.07) is 3.97. The number of ether oxygens (including phenoxy) is 1. The molecular weight excluding hydrogens is 289 g/mol. The van der Waals surface area contributed by atoms with Gasteiger partial charge in [-0.25, -0.2) is 8.42 Å². The summed E-state index contributed by atoms with van der Waals surface area (Å²) in [6.07, 6.45) is 0. The lowest BCUT2D eigenvalue weighted by molar-refractivity contribution is 0.0438. The van der Waals surface area contributed by atoms with E-state index in [2.05, 4.69) is 0 Å². The van der Waals surface area contributed by atoms with Crippen molar-refractivity contribution in [3.8, 4) is 0 Å². The van der Waals surface area contributed by atoms with Crippen LogP contribution in [0.4, 0.5) is 0 Å². The van der Waals surface area contributed by atoms with E-state index in [-0.39, 0.29) is 28.2 Å². The van der Waals surface area contributed by atoms with Crippen LogP contribution < -0.4 is 4.89 Å². The summed E-state index contributed by atoms with van der Waals surface area (Å²) >= 11 is 11.4. The molecule has 0 radical (unpaired) electrons. The first-order valence-corrected chi connectivity index (χ1v) is 6.79. The van der Waals surface area contributed by atoms with E-state index in [9.17, 15) is 8.42 Å². The van der Waals surface area contributed by atoms with Gasteiger partial charge in [-0.2, -0.15) is 0 Å². The molecule has 1 N–H and O–H groups in total. The number of methoxy groups -OCH3 is 1. The third kappa shape index (κ3) is 4.42. The van der Waals surface area contributed by atoms with Crippen molar-refractivity contribution in [2.75, 3.05) is 20.3 Å². The molecule has 0 amide bonds. The van der Waals surface area contributed by atoms with Gasteiger partial charge in [0.1, 0.15) is 0 Å². The van der Waals surface area contributed by atoms with Crippen molar-refractivity contribution in [1.82, 2.24) is 4.89 Å². The molecular formula is C9H11Cl2NO4S. The van der Waals surface area contributed by atoms with Gasteiger partial charge < -0.3 is 4.74 Å². The molecule has 0 aliphatic heterocycles. The van der Waals surface area contributed by atoms with Gasteiger partial charge in [-0.15, -0.1) is 0 Å². The summed E-state index contributed by atoms with van der Waals surface area (Å²) in [5, 5.41) is 0.442. The third-order valence-corrected chi connectivity index (χ3v) is 3.71. The minimum Gasteiger partial charge on any atom is -0.382 e.